The molecule has 5 fully saturated rings. The maximum atomic E-state index is 13.3. The number of ether oxygens (including phenoxy) is 1. The number of nitrogens with one attached hydrogen (secondary N) is 2. The van der Waals surface area contributed by atoms with Crippen LogP contribution in [-0.4, -0.2) is 36.0 Å². The molecule has 1 aromatic heterocycles. The molecule has 0 radical (unpaired) electrons. The van der Waals surface area contributed by atoms with Gasteiger partial charge in [0.1, 0.15) is 6.04 Å². The second-order valence-electron chi connectivity index (χ2n) is 11.2. The van der Waals surface area contributed by atoms with E-state index in [9.17, 15) is 9.59 Å². The van der Waals surface area contributed by atoms with E-state index in [0.29, 0.717) is 16.1 Å². The smallest absolute Gasteiger partial charge is 0.329 e. The van der Waals surface area contributed by atoms with Crippen molar-refractivity contribution in [3.63, 3.8) is 0 Å². The topological polar surface area (TPSA) is 80.3 Å². The number of esters is 1. The van der Waals surface area contributed by atoms with Crippen molar-refractivity contribution >= 4 is 23.5 Å². The number of nitrogens with zero attached hydrogens (tertiary/aromatic N) is 1. The lowest BCUT2D eigenvalue weighted by Crippen LogP contribution is -2.51. The fourth-order valence-electron chi connectivity index (χ4n) is 7.48. The molecule has 1 amide bonds. The van der Waals surface area contributed by atoms with Gasteiger partial charge in [-0.1, -0.05) is 17.7 Å². The molecular formula is C28H32ClN3O3. The molecule has 0 unspecified atom stereocenters. The number of hydrogen-bond donors (Lipinski definition) is 2. The van der Waals surface area contributed by atoms with E-state index in [2.05, 4.69) is 15.6 Å². The second-order valence-corrected chi connectivity index (χ2v) is 11.6. The van der Waals surface area contributed by atoms with Crippen LogP contribution in [0.3, 0.4) is 0 Å². The van der Waals surface area contributed by atoms with E-state index in [4.69, 9.17) is 16.3 Å². The monoisotopic (exact) mass is 493 g/mol. The molecule has 2 aromatic rings. The van der Waals surface area contributed by atoms with Crippen LogP contribution < -0.4 is 15.4 Å². The molecule has 7 rings (SSSR count). The summed E-state index contributed by atoms with van der Waals surface area (Å²) >= 11 is 6.47. The number of benzene rings is 1. The van der Waals surface area contributed by atoms with Gasteiger partial charge in [0.25, 0.3) is 5.91 Å². The van der Waals surface area contributed by atoms with E-state index >= 15 is 0 Å². The summed E-state index contributed by atoms with van der Waals surface area (Å²) in [6.45, 7) is 1.54. The van der Waals surface area contributed by atoms with E-state index in [1.165, 1.54) is 38.5 Å². The lowest BCUT2D eigenvalue weighted by Gasteiger charge is -2.56. The summed E-state index contributed by atoms with van der Waals surface area (Å²) in [6.07, 6.45) is 11.2. The minimum absolute atomic E-state index is 0.148. The Morgan fingerprint density at radius 3 is 2.54 bits per heavy atom. The highest BCUT2D eigenvalue weighted by Gasteiger charge is 2.50. The van der Waals surface area contributed by atoms with Gasteiger partial charge in [-0.05, 0) is 111 Å². The largest absolute Gasteiger partial charge is 0.406 e. The minimum Gasteiger partial charge on any atom is -0.406 e. The number of carbonyl (C=O) groups excluding carboxylic acids is 2. The van der Waals surface area contributed by atoms with Crippen LogP contribution in [0.2, 0.25) is 5.02 Å². The molecule has 1 aliphatic heterocycles. The standard InChI is InChI=1S/C28H32ClN3O3/c29-23-6-5-20(21-3-1-8-31-26(21)35-27(34)24-4-2-7-30-24)12-22(23)25(33)32-16-28-13-17-9-18(14-28)11-19(10-17)15-28/h1,3,5-6,8,12,17-19,24,30H,2,4,7,9-11,13-16H2,(H,32,33)/t17?,18?,19?,24-,28?/m0/s1. The number of hydrogen-bond acceptors (Lipinski definition) is 5. The Bertz CT molecular complexity index is 1110. The lowest BCUT2D eigenvalue weighted by atomic mass is 9.49. The molecule has 4 saturated carbocycles. The quantitative estimate of drug-likeness (QED) is 0.553. The van der Waals surface area contributed by atoms with Gasteiger partial charge in [-0.3, -0.25) is 4.79 Å². The van der Waals surface area contributed by atoms with E-state index in [1.807, 2.05) is 12.1 Å². The first-order chi connectivity index (χ1) is 17.0. The average Bonchev–Trinajstić information content (AvgIpc) is 3.38. The Morgan fingerprint density at radius 1 is 1.11 bits per heavy atom. The molecular weight excluding hydrogens is 462 g/mol. The molecule has 5 aliphatic rings. The number of pyridine rings is 1. The zero-order valence-electron chi connectivity index (χ0n) is 19.9. The first kappa shape index (κ1) is 23.0. The van der Waals surface area contributed by atoms with Gasteiger partial charge in [0.15, 0.2) is 0 Å². The van der Waals surface area contributed by atoms with Crippen LogP contribution in [0.25, 0.3) is 11.1 Å². The fraction of sp³-hybridized carbons (Fsp3) is 0.536. The Morgan fingerprint density at radius 2 is 1.86 bits per heavy atom. The molecule has 35 heavy (non-hydrogen) atoms. The van der Waals surface area contributed by atoms with Gasteiger partial charge in [0, 0.05) is 18.3 Å². The number of halogens is 1. The van der Waals surface area contributed by atoms with E-state index in [1.54, 1.807) is 24.4 Å². The van der Waals surface area contributed by atoms with Crippen LogP contribution in [0.5, 0.6) is 5.88 Å². The predicted octanol–water partition coefficient (Wildman–Crippen LogP) is 5.01. The second kappa shape index (κ2) is 9.21. The molecule has 2 heterocycles. The molecule has 1 saturated heterocycles. The minimum atomic E-state index is -0.329. The van der Waals surface area contributed by atoms with Crippen molar-refractivity contribution in [3.05, 3.63) is 47.1 Å². The molecule has 0 spiro atoms. The van der Waals surface area contributed by atoms with Crippen molar-refractivity contribution < 1.29 is 14.3 Å². The van der Waals surface area contributed by atoms with Crippen LogP contribution in [0.4, 0.5) is 0 Å². The first-order valence-electron chi connectivity index (χ1n) is 13.0. The number of aromatic nitrogens is 1. The summed E-state index contributed by atoms with van der Waals surface area (Å²) < 4.78 is 5.65. The molecule has 6 nitrogen and oxygen atoms in total. The lowest BCUT2D eigenvalue weighted by molar-refractivity contribution is -0.136. The number of rotatable bonds is 6. The van der Waals surface area contributed by atoms with Gasteiger partial charge in [-0.25, -0.2) is 9.78 Å². The van der Waals surface area contributed by atoms with Crippen molar-refractivity contribution in [3.8, 4) is 17.0 Å². The number of carbonyl (C=O) groups is 2. The molecule has 184 valence electrons. The third-order valence-corrected chi connectivity index (χ3v) is 8.95. The summed E-state index contributed by atoms with van der Waals surface area (Å²) in [5.41, 5.74) is 2.09. The highest BCUT2D eigenvalue weighted by Crippen LogP contribution is 2.59. The molecule has 1 aromatic carbocycles. The van der Waals surface area contributed by atoms with Gasteiger partial charge in [0.2, 0.25) is 5.88 Å². The van der Waals surface area contributed by atoms with Crippen molar-refractivity contribution in [1.82, 2.24) is 15.6 Å². The Labute approximate surface area is 211 Å². The molecule has 1 atom stereocenters. The summed E-state index contributed by atoms with van der Waals surface area (Å²) in [7, 11) is 0. The Kier molecular flexibility index (Phi) is 6.05. The number of amides is 1. The maximum absolute atomic E-state index is 13.3. The zero-order chi connectivity index (χ0) is 24.0. The van der Waals surface area contributed by atoms with Crippen molar-refractivity contribution in [2.75, 3.05) is 13.1 Å². The normalized spacial score (nSPS) is 30.9. The molecule has 4 aliphatic carbocycles. The van der Waals surface area contributed by atoms with E-state index in [-0.39, 0.29) is 29.2 Å². The predicted molar refractivity (Wildman–Crippen MR) is 134 cm³/mol. The first-order valence-corrected chi connectivity index (χ1v) is 13.3. The average molecular weight is 494 g/mol. The highest BCUT2D eigenvalue weighted by molar-refractivity contribution is 6.34. The Hall–Kier alpha value is -2.44. The summed E-state index contributed by atoms with van der Waals surface area (Å²) in [5, 5.41) is 6.79. The summed E-state index contributed by atoms with van der Waals surface area (Å²) in [4.78, 5) is 30.1. The third-order valence-electron chi connectivity index (χ3n) is 8.62. The molecule has 2 N–H and O–H groups in total. The van der Waals surface area contributed by atoms with Crippen molar-refractivity contribution in [2.24, 2.45) is 23.2 Å². The van der Waals surface area contributed by atoms with Gasteiger partial charge < -0.3 is 15.4 Å². The van der Waals surface area contributed by atoms with Crippen LogP contribution in [0.15, 0.2) is 36.5 Å². The van der Waals surface area contributed by atoms with E-state index < -0.39 is 0 Å². The van der Waals surface area contributed by atoms with Crippen molar-refractivity contribution in [1.29, 1.82) is 0 Å². The Balaban J connectivity index is 1.19. The summed E-state index contributed by atoms with van der Waals surface area (Å²) in [6, 6.07) is 8.67. The SMILES string of the molecule is O=C(NCC12CC3CC(CC(C3)C1)C2)c1cc(-c2cccnc2OC(=O)[C@@H]2CCCN2)ccc1Cl. The summed E-state index contributed by atoms with van der Waals surface area (Å²) in [5.74, 6) is 2.30. The van der Waals surface area contributed by atoms with Crippen LogP contribution in [-0.2, 0) is 4.79 Å². The van der Waals surface area contributed by atoms with Crippen LogP contribution in [0.1, 0.15) is 61.7 Å². The molecule has 7 heteroatoms. The van der Waals surface area contributed by atoms with E-state index in [0.717, 1.165) is 49.2 Å². The third kappa shape index (κ3) is 4.58. The molecule has 4 bridgehead atoms. The maximum Gasteiger partial charge on any atom is 0.329 e. The zero-order valence-corrected chi connectivity index (χ0v) is 20.7. The van der Waals surface area contributed by atoms with Crippen molar-refractivity contribution in [2.45, 2.75) is 57.4 Å². The fourth-order valence-corrected chi connectivity index (χ4v) is 7.68. The van der Waals surface area contributed by atoms with Crippen LogP contribution >= 0.6 is 11.6 Å². The van der Waals surface area contributed by atoms with Gasteiger partial charge in [-0.15, -0.1) is 0 Å². The highest BCUT2D eigenvalue weighted by atomic mass is 35.5. The van der Waals surface area contributed by atoms with Gasteiger partial charge in [-0.2, -0.15) is 0 Å². The van der Waals surface area contributed by atoms with Gasteiger partial charge >= 0.3 is 5.97 Å². The van der Waals surface area contributed by atoms with Gasteiger partial charge in [0.05, 0.1) is 10.6 Å². The van der Waals surface area contributed by atoms with Crippen LogP contribution in [0, 0.1) is 23.2 Å².